The summed E-state index contributed by atoms with van der Waals surface area (Å²) in [6.07, 6.45) is 0. The number of anilines is 1. The Morgan fingerprint density at radius 2 is 1.76 bits per heavy atom. The zero-order chi connectivity index (χ0) is 15.6. The van der Waals surface area contributed by atoms with E-state index in [1.165, 1.54) is 19.2 Å². The van der Waals surface area contributed by atoms with E-state index in [1.807, 2.05) is 19.1 Å². The van der Waals surface area contributed by atoms with Crippen LogP contribution in [0.1, 0.15) is 5.56 Å². The van der Waals surface area contributed by atoms with E-state index in [1.54, 1.807) is 12.1 Å². The number of nitrogens with one attached hydrogen (secondary N) is 1. The van der Waals surface area contributed by atoms with Gasteiger partial charge in [0.05, 0.1) is 22.2 Å². The van der Waals surface area contributed by atoms with Gasteiger partial charge < -0.3 is 4.74 Å². The molecule has 21 heavy (non-hydrogen) atoms. The first kappa shape index (κ1) is 16.3. The third kappa shape index (κ3) is 3.78. The van der Waals surface area contributed by atoms with E-state index in [-0.39, 0.29) is 4.90 Å². The Morgan fingerprint density at radius 3 is 2.33 bits per heavy atom. The van der Waals surface area contributed by atoms with Crippen LogP contribution in [-0.4, -0.2) is 15.5 Å². The Hall–Kier alpha value is -1.05. The van der Waals surface area contributed by atoms with Crippen LogP contribution in [0.5, 0.6) is 5.75 Å². The van der Waals surface area contributed by atoms with Crippen LogP contribution < -0.4 is 9.46 Å². The molecule has 0 radical (unpaired) electrons. The minimum Gasteiger partial charge on any atom is -0.496 e. The van der Waals surface area contributed by atoms with E-state index in [0.717, 1.165) is 5.56 Å². The molecule has 0 unspecified atom stereocenters. The van der Waals surface area contributed by atoms with Crippen LogP contribution in [0.3, 0.4) is 0 Å². The van der Waals surface area contributed by atoms with Crippen LogP contribution in [0.2, 0.25) is 0 Å². The van der Waals surface area contributed by atoms with Gasteiger partial charge in [0, 0.05) is 4.47 Å². The minimum atomic E-state index is -3.66. The van der Waals surface area contributed by atoms with Crippen molar-refractivity contribution >= 4 is 47.6 Å². The third-order valence-electron chi connectivity index (χ3n) is 2.80. The lowest BCUT2D eigenvalue weighted by Crippen LogP contribution is -2.13. The summed E-state index contributed by atoms with van der Waals surface area (Å²) in [6.45, 7) is 1.93. The highest BCUT2D eigenvalue weighted by Crippen LogP contribution is 2.30. The number of sulfonamides is 1. The third-order valence-corrected chi connectivity index (χ3v) is 5.44. The molecular formula is C14H13Br2NO3S. The van der Waals surface area contributed by atoms with Gasteiger partial charge in [-0.3, -0.25) is 4.72 Å². The van der Waals surface area contributed by atoms with Crippen molar-refractivity contribution in [3.63, 3.8) is 0 Å². The quantitative estimate of drug-likeness (QED) is 0.778. The smallest absolute Gasteiger partial charge is 0.261 e. The second-order valence-corrected chi connectivity index (χ2v) is 7.78. The number of halogens is 2. The number of methoxy groups -OCH3 is 1. The summed E-state index contributed by atoms with van der Waals surface area (Å²) in [7, 11) is -2.14. The maximum absolute atomic E-state index is 12.4. The van der Waals surface area contributed by atoms with Gasteiger partial charge in [-0.05, 0) is 74.7 Å². The fourth-order valence-corrected chi connectivity index (χ4v) is 4.24. The average molecular weight is 435 g/mol. The van der Waals surface area contributed by atoms with Gasteiger partial charge in [-0.2, -0.15) is 0 Å². The number of rotatable bonds is 4. The van der Waals surface area contributed by atoms with Gasteiger partial charge >= 0.3 is 0 Å². The Balaban J connectivity index is 2.36. The first-order chi connectivity index (χ1) is 9.83. The lowest BCUT2D eigenvalue weighted by atomic mass is 10.2. The number of hydrogen-bond acceptors (Lipinski definition) is 3. The lowest BCUT2D eigenvalue weighted by molar-refractivity contribution is 0.411. The van der Waals surface area contributed by atoms with Gasteiger partial charge in [0.2, 0.25) is 0 Å². The summed E-state index contributed by atoms with van der Waals surface area (Å²) in [5, 5.41) is 0. The van der Waals surface area contributed by atoms with Crippen LogP contribution in [-0.2, 0) is 10.0 Å². The zero-order valence-electron chi connectivity index (χ0n) is 11.4. The molecule has 112 valence electrons. The fraction of sp³-hybridized carbons (Fsp3) is 0.143. The molecule has 0 aromatic heterocycles. The number of ether oxygens (including phenoxy) is 1. The van der Waals surface area contributed by atoms with Crippen molar-refractivity contribution in [2.75, 3.05) is 11.8 Å². The zero-order valence-corrected chi connectivity index (χ0v) is 15.3. The molecule has 4 nitrogen and oxygen atoms in total. The van der Waals surface area contributed by atoms with E-state index in [0.29, 0.717) is 20.4 Å². The van der Waals surface area contributed by atoms with E-state index in [9.17, 15) is 8.42 Å². The predicted octanol–water partition coefficient (Wildman–Crippen LogP) is 4.33. The summed E-state index contributed by atoms with van der Waals surface area (Å²) < 4.78 is 33.7. The molecule has 0 amide bonds. The SMILES string of the molecule is COc1ccc(S(=O)(=O)Nc2ccc(C)cc2Br)cc1Br. The second-order valence-electron chi connectivity index (χ2n) is 4.39. The molecule has 0 fully saturated rings. The van der Waals surface area contributed by atoms with E-state index < -0.39 is 10.0 Å². The summed E-state index contributed by atoms with van der Waals surface area (Å²) in [5.41, 5.74) is 1.53. The molecule has 0 bridgehead atoms. The predicted molar refractivity (Wildman–Crippen MR) is 90.4 cm³/mol. The first-order valence-corrected chi connectivity index (χ1v) is 9.03. The lowest BCUT2D eigenvalue weighted by Gasteiger charge is -2.11. The summed E-state index contributed by atoms with van der Waals surface area (Å²) >= 11 is 6.64. The Labute approximate surface area is 140 Å². The minimum absolute atomic E-state index is 0.155. The van der Waals surface area contributed by atoms with Crippen molar-refractivity contribution in [3.8, 4) is 5.75 Å². The van der Waals surface area contributed by atoms with Gasteiger partial charge in [-0.15, -0.1) is 0 Å². The van der Waals surface area contributed by atoms with Crippen LogP contribution in [0.4, 0.5) is 5.69 Å². The summed E-state index contributed by atoms with van der Waals surface area (Å²) in [5.74, 6) is 0.575. The fourth-order valence-electron chi connectivity index (χ4n) is 1.72. The van der Waals surface area contributed by atoms with Crippen molar-refractivity contribution in [1.82, 2.24) is 0 Å². The molecule has 2 aromatic rings. The maximum Gasteiger partial charge on any atom is 0.261 e. The Morgan fingerprint density at radius 1 is 1.05 bits per heavy atom. The monoisotopic (exact) mass is 433 g/mol. The molecule has 0 aliphatic carbocycles. The topological polar surface area (TPSA) is 55.4 Å². The molecule has 0 aliphatic rings. The van der Waals surface area contributed by atoms with Crippen LogP contribution in [0.25, 0.3) is 0 Å². The van der Waals surface area contributed by atoms with E-state index in [4.69, 9.17) is 4.74 Å². The molecule has 7 heteroatoms. The van der Waals surface area contributed by atoms with Gasteiger partial charge in [0.1, 0.15) is 5.75 Å². The normalized spacial score (nSPS) is 11.2. The molecular weight excluding hydrogens is 422 g/mol. The molecule has 0 aliphatic heterocycles. The molecule has 2 rings (SSSR count). The first-order valence-electron chi connectivity index (χ1n) is 5.96. The molecule has 0 spiro atoms. The standard InChI is InChI=1S/C14H13Br2NO3S/c1-9-3-5-13(11(15)7-9)17-21(18,19)10-4-6-14(20-2)12(16)8-10/h3-8,17H,1-2H3. The second kappa shape index (κ2) is 6.37. The molecule has 0 heterocycles. The van der Waals surface area contributed by atoms with Crippen molar-refractivity contribution in [2.45, 2.75) is 11.8 Å². The summed E-state index contributed by atoms with van der Waals surface area (Å²) in [4.78, 5) is 0.155. The van der Waals surface area contributed by atoms with E-state index >= 15 is 0 Å². The highest BCUT2D eigenvalue weighted by molar-refractivity contribution is 9.11. The van der Waals surface area contributed by atoms with Gasteiger partial charge in [0.25, 0.3) is 10.0 Å². The van der Waals surface area contributed by atoms with Crippen molar-refractivity contribution in [2.24, 2.45) is 0 Å². The number of benzene rings is 2. The summed E-state index contributed by atoms with van der Waals surface area (Å²) in [6, 6.07) is 10.0. The van der Waals surface area contributed by atoms with Crippen LogP contribution >= 0.6 is 31.9 Å². The van der Waals surface area contributed by atoms with Crippen molar-refractivity contribution in [3.05, 3.63) is 50.9 Å². The van der Waals surface area contributed by atoms with Crippen molar-refractivity contribution < 1.29 is 13.2 Å². The van der Waals surface area contributed by atoms with Gasteiger partial charge in [-0.25, -0.2) is 8.42 Å². The highest BCUT2D eigenvalue weighted by Gasteiger charge is 2.17. The molecule has 2 aromatic carbocycles. The van der Waals surface area contributed by atoms with E-state index in [2.05, 4.69) is 36.6 Å². The highest BCUT2D eigenvalue weighted by atomic mass is 79.9. The molecule has 1 N–H and O–H groups in total. The maximum atomic E-state index is 12.4. The molecule has 0 saturated heterocycles. The Bertz CT molecular complexity index is 776. The number of hydrogen-bond donors (Lipinski definition) is 1. The van der Waals surface area contributed by atoms with Crippen LogP contribution in [0, 0.1) is 6.92 Å². The molecule has 0 atom stereocenters. The number of aryl methyl sites for hydroxylation is 1. The van der Waals surface area contributed by atoms with Gasteiger partial charge in [-0.1, -0.05) is 6.07 Å². The van der Waals surface area contributed by atoms with Crippen LogP contribution in [0.15, 0.2) is 50.2 Å². The molecule has 0 saturated carbocycles. The van der Waals surface area contributed by atoms with Crippen molar-refractivity contribution in [1.29, 1.82) is 0 Å². The van der Waals surface area contributed by atoms with Gasteiger partial charge in [0.15, 0.2) is 0 Å². The average Bonchev–Trinajstić information content (AvgIpc) is 2.42. The Kier molecular flexibility index (Phi) is 4.95. The largest absolute Gasteiger partial charge is 0.496 e.